The van der Waals surface area contributed by atoms with E-state index in [4.69, 9.17) is 9.47 Å². The molecule has 4 rings (SSSR count). The molecule has 1 saturated heterocycles. The minimum Gasteiger partial charge on any atom is -0.507 e. The second-order valence-electron chi connectivity index (χ2n) is 8.68. The Morgan fingerprint density at radius 1 is 0.944 bits per heavy atom. The van der Waals surface area contributed by atoms with Crippen molar-refractivity contribution < 1.29 is 29.0 Å². The van der Waals surface area contributed by atoms with Crippen LogP contribution >= 0.6 is 0 Å². The summed E-state index contributed by atoms with van der Waals surface area (Å²) in [5, 5.41) is 11.4. The molecule has 1 atom stereocenters. The fraction of sp³-hybridized carbons (Fsp3) is 0.207. The van der Waals surface area contributed by atoms with Crippen molar-refractivity contribution in [1.82, 2.24) is 0 Å². The number of esters is 1. The van der Waals surface area contributed by atoms with Crippen molar-refractivity contribution in [2.75, 3.05) is 19.1 Å². The zero-order valence-electron chi connectivity index (χ0n) is 20.6. The standard InChI is InChI=1S/C29H27NO6/c1-17-5-6-18(2)23(15-17)27(32)25-26(20-9-13-22(35-3)14-10-20)30(29(34)28(25)33)21-11-7-19(8-12-21)16-24(31)36-4/h5-15,26,32H,16H2,1-4H3/b27-25+. The molecule has 1 N–H and O–H groups in total. The van der Waals surface area contributed by atoms with Gasteiger partial charge in [-0.25, -0.2) is 0 Å². The monoisotopic (exact) mass is 485 g/mol. The molecule has 0 saturated carbocycles. The molecule has 1 unspecified atom stereocenters. The molecule has 1 amide bonds. The zero-order chi connectivity index (χ0) is 26.0. The van der Waals surface area contributed by atoms with E-state index in [1.807, 2.05) is 26.0 Å². The van der Waals surface area contributed by atoms with Crippen molar-refractivity contribution in [3.05, 3.63) is 100 Å². The molecule has 0 bridgehead atoms. The molecule has 0 spiro atoms. The third-order valence-corrected chi connectivity index (χ3v) is 6.31. The molecule has 1 fully saturated rings. The number of Topliss-reactive ketones (excluding diaryl/α,β-unsaturated/α-hetero) is 1. The van der Waals surface area contributed by atoms with E-state index in [9.17, 15) is 19.5 Å². The summed E-state index contributed by atoms with van der Waals surface area (Å²) in [6.07, 6.45) is 0.0874. The highest BCUT2D eigenvalue weighted by Gasteiger charge is 2.47. The Balaban J connectivity index is 1.87. The number of hydrogen-bond donors (Lipinski definition) is 1. The van der Waals surface area contributed by atoms with Gasteiger partial charge in [0.2, 0.25) is 0 Å². The lowest BCUT2D eigenvalue weighted by molar-refractivity contribution is -0.139. The molecule has 3 aromatic rings. The number of rotatable bonds is 6. The van der Waals surface area contributed by atoms with E-state index in [-0.39, 0.29) is 23.7 Å². The predicted octanol–water partition coefficient (Wildman–Crippen LogP) is 4.65. The van der Waals surface area contributed by atoms with Gasteiger partial charge in [-0.15, -0.1) is 0 Å². The van der Waals surface area contributed by atoms with Gasteiger partial charge in [-0.1, -0.05) is 42.0 Å². The van der Waals surface area contributed by atoms with E-state index in [0.717, 1.165) is 11.1 Å². The summed E-state index contributed by atoms with van der Waals surface area (Å²) in [7, 11) is 2.87. The van der Waals surface area contributed by atoms with Crippen LogP contribution in [0.5, 0.6) is 5.75 Å². The van der Waals surface area contributed by atoms with Crippen molar-refractivity contribution in [2.45, 2.75) is 26.3 Å². The van der Waals surface area contributed by atoms with Crippen LogP contribution in [0.2, 0.25) is 0 Å². The summed E-state index contributed by atoms with van der Waals surface area (Å²) in [5.74, 6) is -1.50. The average molecular weight is 486 g/mol. The second kappa shape index (κ2) is 10.1. The Kier molecular flexibility index (Phi) is 6.92. The number of carbonyl (C=O) groups is 3. The minimum atomic E-state index is -0.859. The maximum atomic E-state index is 13.4. The molecule has 0 aliphatic carbocycles. The van der Waals surface area contributed by atoms with Crippen LogP contribution in [0.3, 0.4) is 0 Å². The molecule has 1 heterocycles. The lowest BCUT2D eigenvalue weighted by Gasteiger charge is -2.26. The van der Waals surface area contributed by atoms with Crippen LogP contribution in [-0.4, -0.2) is 37.0 Å². The van der Waals surface area contributed by atoms with Gasteiger partial charge in [-0.2, -0.15) is 0 Å². The number of benzene rings is 3. The van der Waals surface area contributed by atoms with Crippen LogP contribution in [0, 0.1) is 13.8 Å². The Bertz CT molecular complexity index is 1360. The fourth-order valence-corrected chi connectivity index (χ4v) is 4.35. The van der Waals surface area contributed by atoms with Crippen LogP contribution in [0.1, 0.15) is 33.9 Å². The maximum Gasteiger partial charge on any atom is 0.309 e. The van der Waals surface area contributed by atoms with Crippen molar-refractivity contribution in [2.24, 2.45) is 0 Å². The van der Waals surface area contributed by atoms with E-state index < -0.39 is 17.7 Å². The molecule has 7 nitrogen and oxygen atoms in total. The average Bonchev–Trinajstić information content (AvgIpc) is 3.15. The number of aliphatic hydroxyl groups excluding tert-OH is 1. The summed E-state index contributed by atoms with van der Waals surface area (Å²) in [4.78, 5) is 39.7. The smallest absolute Gasteiger partial charge is 0.309 e. The number of hydrogen-bond acceptors (Lipinski definition) is 6. The van der Waals surface area contributed by atoms with Gasteiger partial charge >= 0.3 is 5.97 Å². The van der Waals surface area contributed by atoms with Gasteiger partial charge in [-0.3, -0.25) is 19.3 Å². The van der Waals surface area contributed by atoms with Crippen molar-refractivity contribution in [1.29, 1.82) is 0 Å². The Hall–Kier alpha value is -4.39. The number of anilines is 1. The van der Waals surface area contributed by atoms with Gasteiger partial charge < -0.3 is 14.6 Å². The summed E-state index contributed by atoms with van der Waals surface area (Å²) in [6, 6.07) is 18.5. The van der Waals surface area contributed by atoms with Gasteiger partial charge in [0.25, 0.3) is 11.7 Å². The van der Waals surface area contributed by atoms with E-state index in [0.29, 0.717) is 28.1 Å². The first kappa shape index (κ1) is 24.7. The summed E-state index contributed by atoms with van der Waals surface area (Å²) in [6.45, 7) is 3.73. The molecule has 1 aliphatic rings. The molecule has 0 radical (unpaired) electrons. The number of aliphatic hydroxyl groups is 1. The van der Waals surface area contributed by atoms with Gasteiger partial charge in [0.1, 0.15) is 11.5 Å². The van der Waals surface area contributed by atoms with Crippen LogP contribution in [-0.2, 0) is 25.5 Å². The molecule has 7 heteroatoms. The molecule has 1 aliphatic heterocycles. The first-order valence-corrected chi connectivity index (χ1v) is 11.4. The van der Waals surface area contributed by atoms with Gasteiger partial charge in [-0.05, 0) is 60.9 Å². The summed E-state index contributed by atoms with van der Waals surface area (Å²) in [5.41, 5.74) is 4.02. The third kappa shape index (κ3) is 4.60. The Labute approximate surface area is 209 Å². The van der Waals surface area contributed by atoms with Crippen LogP contribution < -0.4 is 9.64 Å². The van der Waals surface area contributed by atoms with E-state index >= 15 is 0 Å². The summed E-state index contributed by atoms with van der Waals surface area (Å²) < 4.78 is 9.98. The van der Waals surface area contributed by atoms with Crippen molar-refractivity contribution in [3.8, 4) is 5.75 Å². The number of ether oxygens (including phenoxy) is 2. The van der Waals surface area contributed by atoms with Crippen LogP contribution in [0.4, 0.5) is 5.69 Å². The fourth-order valence-electron chi connectivity index (χ4n) is 4.35. The topological polar surface area (TPSA) is 93.1 Å². The Morgan fingerprint density at radius 2 is 1.61 bits per heavy atom. The number of methoxy groups -OCH3 is 2. The number of amides is 1. The van der Waals surface area contributed by atoms with Crippen molar-refractivity contribution >= 4 is 29.1 Å². The molecule has 36 heavy (non-hydrogen) atoms. The normalized spacial score (nSPS) is 16.8. The molecular weight excluding hydrogens is 458 g/mol. The predicted molar refractivity (Wildman–Crippen MR) is 136 cm³/mol. The van der Waals surface area contributed by atoms with E-state index in [2.05, 4.69) is 0 Å². The molecular formula is C29H27NO6. The molecule has 0 aromatic heterocycles. The number of nitrogens with zero attached hydrogens (tertiary/aromatic N) is 1. The largest absolute Gasteiger partial charge is 0.507 e. The highest BCUT2D eigenvalue weighted by atomic mass is 16.5. The lowest BCUT2D eigenvalue weighted by Crippen LogP contribution is -2.29. The maximum absolute atomic E-state index is 13.4. The Morgan fingerprint density at radius 3 is 2.22 bits per heavy atom. The SMILES string of the molecule is COC(=O)Cc1ccc(N2C(=O)C(=O)/C(=C(/O)c3cc(C)ccc3C)C2c2ccc(OC)cc2)cc1. The lowest BCUT2D eigenvalue weighted by atomic mass is 9.93. The zero-order valence-corrected chi connectivity index (χ0v) is 20.6. The third-order valence-electron chi connectivity index (χ3n) is 6.31. The second-order valence-corrected chi connectivity index (χ2v) is 8.68. The highest BCUT2D eigenvalue weighted by molar-refractivity contribution is 6.51. The van der Waals surface area contributed by atoms with E-state index in [1.165, 1.54) is 12.0 Å². The number of aryl methyl sites for hydroxylation is 2. The van der Waals surface area contributed by atoms with Crippen molar-refractivity contribution in [3.63, 3.8) is 0 Å². The quantitative estimate of drug-likeness (QED) is 0.236. The summed E-state index contributed by atoms with van der Waals surface area (Å²) >= 11 is 0. The number of carbonyl (C=O) groups excluding carboxylic acids is 3. The van der Waals surface area contributed by atoms with Gasteiger partial charge in [0.05, 0.1) is 32.3 Å². The van der Waals surface area contributed by atoms with E-state index in [1.54, 1.807) is 61.7 Å². The minimum absolute atomic E-state index is 0.0116. The van der Waals surface area contributed by atoms with Crippen LogP contribution in [0.15, 0.2) is 72.3 Å². The number of ketones is 1. The molecule has 184 valence electrons. The van der Waals surface area contributed by atoms with Gasteiger partial charge in [0.15, 0.2) is 0 Å². The highest BCUT2D eigenvalue weighted by Crippen LogP contribution is 2.43. The van der Waals surface area contributed by atoms with Crippen LogP contribution in [0.25, 0.3) is 5.76 Å². The first-order chi connectivity index (χ1) is 17.2. The van der Waals surface area contributed by atoms with Gasteiger partial charge in [0, 0.05) is 11.3 Å². The first-order valence-electron chi connectivity index (χ1n) is 11.4. The molecule has 3 aromatic carbocycles.